The van der Waals surface area contributed by atoms with Crippen molar-refractivity contribution in [3.8, 4) is 11.5 Å². The number of amides is 1. The summed E-state index contributed by atoms with van der Waals surface area (Å²) in [7, 11) is 0. The van der Waals surface area contributed by atoms with E-state index in [-0.39, 0.29) is 23.6 Å². The van der Waals surface area contributed by atoms with Crippen LogP contribution in [-0.4, -0.2) is 47.2 Å². The van der Waals surface area contributed by atoms with Crippen LogP contribution >= 0.6 is 0 Å². The van der Waals surface area contributed by atoms with Crippen LogP contribution in [0.25, 0.3) is 0 Å². The number of carbonyl (C=O) groups is 1. The molecule has 2 heterocycles. The lowest BCUT2D eigenvalue weighted by Crippen LogP contribution is -2.56. The van der Waals surface area contributed by atoms with E-state index in [9.17, 15) is 18.0 Å². The van der Waals surface area contributed by atoms with Gasteiger partial charge >= 0.3 is 6.18 Å². The fraction of sp³-hybridized carbons (Fsp3) is 0.462. The van der Waals surface area contributed by atoms with Crippen molar-refractivity contribution < 1.29 is 22.7 Å². The second-order valence-corrected chi connectivity index (χ2v) is 9.38. The molecule has 180 valence electrons. The van der Waals surface area contributed by atoms with Crippen molar-refractivity contribution in [3.05, 3.63) is 53.6 Å². The Kier molecular flexibility index (Phi) is 6.00. The Morgan fingerprint density at radius 2 is 1.79 bits per heavy atom. The number of halogens is 3. The van der Waals surface area contributed by atoms with Crippen LogP contribution in [0.4, 0.5) is 18.9 Å². The van der Waals surface area contributed by atoms with Crippen LogP contribution in [0.15, 0.2) is 47.5 Å². The molecule has 1 amide bonds. The minimum absolute atomic E-state index is 0.00860. The van der Waals surface area contributed by atoms with Gasteiger partial charge in [-0.25, -0.2) is 4.99 Å². The molecule has 2 fully saturated rings. The standard InChI is InChI=1S/C26H28F3N3O2/c1-17-16-31(13-14-32(17)25(33)18-7-3-2-4-8-18)24-20-9-5-6-10-22(20)34-23-15-19(26(27,28)29)11-12-21(23)30-24/h5-6,9-12,15,17-18H,2-4,7-8,13-14,16H2,1H3. The van der Waals surface area contributed by atoms with Gasteiger partial charge in [0, 0.05) is 31.6 Å². The Hall–Kier alpha value is -3.03. The van der Waals surface area contributed by atoms with Crippen LogP contribution in [-0.2, 0) is 11.0 Å². The molecule has 1 saturated carbocycles. The van der Waals surface area contributed by atoms with E-state index in [0.717, 1.165) is 43.4 Å². The van der Waals surface area contributed by atoms with E-state index in [1.807, 2.05) is 17.0 Å². The maximum absolute atomic E-state index is 13.3. The summed E-state index contributed by atoms with van der Waals surface area (Å²) < 4.78 is 45.7. The smallest absolute Gasteiger partial charge is 0.416 e. The Morgan fingerprint density at radius 3 is 2.53 bits per heavy atom. The zero-order valence-electron chi connectivity index (χ0n) is 19.1. The second-order valence-electron chi connectivity index (χ2n) is 9.38. The topological polar surface area (TPSA) is 45.1 Å². The van der Waals surface area contributed by atoms with Gasteiger partial charge in [0.15, 0.2) is 5.75 Å². The highest BCUT2D eigenvalue weighted by Gasteiger charge is 2.35. The molecule has 0 N–H and O–H groups in total. The number of fused-ring (bicyclic) bond motifs is 2. The molecule has 8 heteroatoms. The van der Waals surface area contributed by atoms with Crippen molar-refractivity contribution in [2.45, 2.75) is 51.2 Å². The van der Waals surface area contributed by atoms with Gasteiger partial charge in [-0.2, -0.15) is 13.2 Å². The number of aliphatic imine (C=N–C) groups is 1. The van der Waals surface area contributed by atoms with Gasteiger partial charge in [0.2, 0.25) is 5.91 Å². The van der Waals surface area contributed by atoms with Gasteiger partial charge in [0.05, 0.1) is 11.1 Å². The molecule has 2 aromatic rings. The first kappa shape index (κ1) is 22.7. The first-order valence-corrected chi connectivity index (χ1v) is 11.9. The van der Waals surface area contributed by atoms with Gasteiger partial charge < -0.3 is 14.5 Å². The first-order valence-electron chi connectivity index (χ1n) is 11.9. The number of piperazine rings is 1. The summed E-state index contributed by atoms with van der Waals surface area (Å²) in [6.45, 7) is 3.85. The van der Waals surface area contributed by atoms with Crippen LogP contribution in [0.5, 0.6) is 11.5 Å². The Balaban J connectivity index is 1.43. The largest absolute Gasteiger partial charge is 0.454 e. The Labute approximate surface area is 197 Å². The number of hydrogen-bond donors (Lipinski definition) is 0. The maximum atomic E-state index is 13.3. The minimum atomic E-state index is -4.46. The molecule has 3 aliphatic rings. The highest BCUT2D eigenvalue weighted by atomic mass is 19.4. The molecule has 34 heavy (non-hydrogen) atoms. The van der Waals surface area contributed by atoms with Crippen LogP contribution < -0.4 is 4.74 Å². The average molecular weight is 472 g/mol. The molecule has 2 aromatic carbocycles. The van der Waals surface area contributed by atoms with Crippen LogP contribution in [0.3, 0.4) is 0 Å². The van der Waals surface area contributed by atoms with Crippen molar-refractivity contribution in [2.24, 2.45) is 10.9 Å². The summed E-state index contributed by atoms with van der Waals surface area (Å²) in [5.41, 5.74) is 0.310. The predicted molar refractivity (Wildman–Crippen MR) is 123 cm³/mol. The number of hydrogen-bond acceptors (Lipinski definition) is 4. The summed E-state index contributed by atoms with van der Waals surface area (Å²) in [5.74, 6) is 1.58. The molecule has 1 unspecified atom stereocenters. The van der Waals surface area contributed by atoms with Crippen LogP contribution in [0.2, 0.25) is 0 Å². The molecule has 2 aliphatic heterocycles. The normalized spacial score (nSPS) is 21.2. The molecule has 1 atom stereocenters. The third-order valence-electron chi connectivity index (χ3n) is 7.03. The molecule has 1 saturated heterocycles. The highest BCUT2D eigenvalue weighted by molar-refractivity contribution is 6.04. The van der Waals surface area contributed by atoms with Gasteiger partial charge in [-0.05, 0) is 50.1 Å². The first-order chi connectivity index (χ1) is 16.3. The average Bonchev–Trinajstić information content (AvgIpc) is 3.00. The zero-order valence-corrected chi connectivity index (χ0v) is 19.1. The molecule has 1 aliphatic carbocycles. The second kappa shape index (κ2) is 8.96. The molecule has 0 radical (unpaired) electrons. The molecule has 0 aromatic heterocycles. The van der Waals surface area contributed by atoms with Gasteiger partial charge in [-0.3, -0.25) is 4.79 Å². The molecule has 5 rings (SSSR count). The lowest BCUT2D eigenvalue weighted by Gasteiger charge is -2.43. The number of amidine groups is 1. The van der Waals surface area contributed by atoms with Crippen molar-refractivity contribution in [3.63, 3.8) is 0 Å². The number of nitrogens with zero attached hydrogens (tertiary/aromatic N) is 3. The molecule has 0 spiro atoms. The molecular weight excluding hydrogens is 443 g/mol. The van der Waals surface area contributed by atoms with E-state index in [1.165, 1.54) is 12.5 Å². The van der Waals surface area contributed by atoms with E-state index in [1.54, 1.807) is 12.1 Å². The van der Waals surface area contributed by atoms with Crippen LogP contribution in [0.1, 0.15) is 50.2 Å². The quantitative estimate of drug-likeness (QED) is 0.512. The number of carbonyl (C=O) groups excluding carboxylic acids is 1. The maximum Gasteiger partial charge on any atom is 0.416 e. The highest BCUT2D eigenvalue weighted by Crippen LogP contribution is 2.42. The predicted octanol–water partition coefficient (Wildman–Crippen LogP) is 6.00. The van der Waals surface area contributed by atoms with E-state index < -0.39 is 11.7 Å². The number of para-hydroxylation sites is 1. The number of rotatable bonds is 1. The van der Waals surface area contributed by atoms with Gasteiger partial charge in [-0.1, -0.05) is 31.4 Å². The third-order valence-corrected chi connectivity index (χ3v) is 7.03. The summed E-state index contributed by atoms with van der Waals surface area (Å²) in [6.07, 6.45) is 0.926. The Bertz CT molecular complexity index is 1110. The zero-order chi connectivity index (χ0) is 23.9. The van der Waals surface area contributed by atoms with Crippen molar-refractivity contribution in [2.75, 3.05) is 19.6 Å². The van der Waals surface area contributed by atoms with Crippen molar-refractivity contribution >= 4 is 17.4 Å². The van der Waals surface area contributed by atoms with E-state index in [2.05, 4.69) is 11.8 Å². The fourth-order valence-electron chi connectivity index (χ4n) is 5.20. The Morgan fingerprint density at radius 1 is 1.03 bits per heavy atom. The van der Waals surface area contributed by atoms with Crippen molar-refractivity contribution in [1.29, 1.82) is 0 Å². The summed E-state index contributed by atoms with van der Waals surface area (Å²) >= 11 is 0. The lowest BCUT2D eigenvalue weighted by molar-refractivity contribution is -0.140. The van der Waals surface area contributed by atoms with E-state index in [4.69, 9.17) is 9.73 Å². The minimum Gasteiger partial charge on any atom is -0.454 e. The molecular formula is C26H28F3N3O2. The summed E-state index contributed by atoms with van der Waals surface area (Å²) in [6, 6.07) is 10.7. The molecule has 0 bridgehead atoms. The fourth-order valence-corrected chi connectivity index (χ4v) is 5.20. The van der Waals surface area contributed by atoms with Gasteiger partial charge in [-0.15, -0.1) is 0 Å². The van der Waals surface area contributed by atoms with E-state index >= 15 is 0 Å². The summed E-state index contributed by atoms with van der Waals surface area (Å²) in [5, 5.41) is 0. The monoisotopic (exact) mass is 471 g/mol. The summed E-state index contributed by atoms with van der Waals surface area (Å²) in [4.78, 5) is 22.0. The number of benzene rings is 2. The van der Waals surface area contributed by atoms with E-state index in [0.29, 0.717) is 36.9 Å². The van der Waals surface area contributed by atoms with Gasteiger partial charge in [0.1, 0.15) is 17.3 Å². The van der Waals surface area contributed by atoms with Crippen molar-refractivity contribution in [1.82, 2.24) is 9.80 Å². The third kappa shape index (κ3) is 4.38. The van der Waals surface area contributed by atoms with Gasteiger partial charge in [0.25, 0.3) is 0 Å². The number of ether oxygens (including phenoxy) is 1. The number of alkyl halides is 3. The van der Waals surface area contributed by atoms with Crippen LogP contribution in [0, 0.1) is 5.92 Å². The lowest BCUT2D eigenvalue weighted by atomic mass is 9.87. The molecule has 5 nitrogen and oxygen atoms in total. The SMILES string of the molecule is CC1CN(C2=Nc3ccc(C(F)(F)F)cc3Oc3ccccc32)CCN1C(=O)C1CCCCC1.